The number of nitrogens with one attached hydrogen (secondary N) is 1. The van der Waals surface area contributed by atoms with E-state index >= 15 is 0 Å². The van der Waals surface area contributed by atoms with E-state index in [1.54, 1.807) is 7.11 Å². The molecule has 0 fully saturated rings. The first-order valence-electron chi connectivity index (χ1n) is 6.53. The van der Waals surface area contributed by atoms with Crippen molar-refractivity contribution in [2.24, 2.45) is 0 Å². The molecular weight excluding hydrogens is 373 g/mol. The SMILES string of the molecule is COc1c(Br)cc(Cl)cc1NC(C)Cc1ccc(Cl)cc1. The summed E-state index contributed by atoms with van der Waals surface area (Å²) < 4.78 is 6.24. The average molecular weight is 389 g/mol. The van der Waals surface area contributed by atoms with Gasteiger partial charge in [-0.25, -0.2) is 0 Å². The highest BCUT2D eigenvalue weighted by Gasteiger charge is 2.12. The highest BCUT2D eigenvalue weighted by atomic mass is 79.9. The molecule has 1 atom stereocenters. The summed E-state index contributed by atoms with van der Waals surface area (Å²) in [5, 5.41) is 4.84. The fraction of sp³-hybridized carbons (Fsp3) is 0.250. The Morgan fingerprint density at radius 2 is 1.81 bits per heavy atom. The summed E-state index contributed by atoms with van der Waals surface area (Å²) in [7, 11) is 1.64. The Morgan fingerprint density at radius 3 is 2.43 bits per heavy atom. The second kappa shape index (κ2) is 7.39. The number of ether oxygens (including phenoxy) is 1. The van der Waals surface area contributed by atoms with Crippen LogP contribution in [-0.4, -0.2) is 13.2 Å². The highest BCUT2D eigenvalue weighted by Crippen LogP contribution is 2.36. The quantitative estimate of drug-likeness (QED) is 0.697. The van der Waals surface area contributed by atoms with Gasteiger partial charge in [0.2, 0.25) is 0 Å². The van der Waals surface area contributed by atoms with Gasteiger partial charge in [0.1, 0.15) is 0 Å². The molecule has 0 saturated carbocycles. The van der Waals surface area contributed by atoms with Crippen molar-refractivity contribution in [2.75, 3.05) is 12.4 Å². The molecule has 0 heterocycles. The second-order valence-corrected chi connectivity index (χ2v) is 6.57. The van der Waals surface area contributed by atoms with E-state index in [0.29, 0.717) is 5.02 Å². The molecule has 2 aromatic carbocycles. The standard InChI is InChI=1S/C16H16BrCl2NO/c1-10(7-11-3-5-12(18)6-4-11)20-15-9-13(19)8-14(17)16(15)21-2/h3-6,8-10,20H,7H2,1-2H3. The van der Waals surface area contributed by atoms with Gasteiger partial charge in [0.15, 0.2) is 5.75 Å². The summed E-state index contributed by atoms with van der Waals surface area (Å²) in [6, 6.07) is 11.8. The zero-order valence-corrected chi connectivity index (χ0v) is 14.9. The molecule has 21 heavy (non-hydrogen) atoms. The first kappa shape index (κ1) is 16.5. The van der Waals surface area contributed by atoms with Gasteiger partial charge in [0.05, 0.1) is 17.3 Å². The topological polar surface area (TPSA) is 21.3 Å². The summed E-state index contributed by atoms with van der Waals surface area (Å²) in [6.45, 7) is 2.11. The summed E-state index contributed by atoms with van der Waals surface area (Å²) in [6.07, 6.45) is 0.879. The molecule has 0 aromatic heterocycles. The lowest BCUT2D eigenvalue weighted by atomic mass is 10.1. The van der Waals surface area contributed by atoms with Crippen LogP contribution in [0.15, 0.2) is 40.9 Å². The van der Waals surface area contributed by atoms with Gasteiger partial charge in [0, 0.05) is 16.1 Å². The molecule has 112 valence electrons. The van der Waals surface area contributed by atoms with Crippen LogP contribution in [0.4, 0.5) is 5.69 Å². The van der Waals surface area contributed by atoms with Gasteiger partial charge >= 0.3 is 0 Å². The van der Waals surface area contributed by atoms with E-state index in [4.69, 9.17) is 27.9 Å². The maximum absolute atomic E-state index is 6.10. The molecule has 1 N–H and O–H groups in total. The smallest absolute Gasteiger partial charge is 0.156 e. The van der Waals surface area contributed by atoms with Crippen molar-refractivity contribution in [3.05, 3.63) is 56.5 Å². The molecule has 5 heteroatoms. The lowest BCUT2D eigenvalue weighted by Crippen LogP contribution is -2.18. The number of methoxy groups -OCH3 is 1. The lowest BCUT2D eigenvalue weighted by molar-refractivity contribution is 0.413. The zero-order valence-electron chi connectivity index (χ0n) is 11.8. The molecule has 2 rings (SSSR count). The average Bonchev–Trinajstić information content (AvgIpc) is 2.41. The maximum Gasteiger partial charge on any atom is 0.156 e. The Hall–Kier alpha value is -0.900. The van der Waals surface area contributed by atoms with E-state index in [2.05, 4.69) is 28.2 Å². The Bertz CT molecular complexity index is 616. The third-order valence-corrected chi connectivity index (χ3v) is 4.13. The van der Waals surface area contributed by atoms with Crippen LogP contribution in [0.25, 0.3) is 0 Å². The van der Waals surface area contributed by atoms with Crippen molar-refractivity contribution in [1.29, 1.82) is 0 Å². The van der Waals surface area contributed by atoms with Gasteiger partial charge in [-0.3, -0.25) is 0 Å². The minimum absolute atomic E-state index is 0.227. The third-order valence-electron chi connectivity index (χ3n) is 3.07. The monoisotopic (exact) mass is 387 g/mol. The number of hydrogen-bond acceptors (Lipinski definition) is 2. The van der Waals surface area contributed by atoms with Crippen LogP contribution in [0.3, 0.4) is 0 Å². The van der Waals surface area contributed by atoms with Gasteiger partial charge in [-0.05, 0) is 59.1 Å². The van der Waals surface area contributed by atoms with Crippen LogP contribution >= 0.6 is 39.1 Å². The Morgan fingerprint density at radius 1 is 1.14 bits per heavy atom. The summed E-state index contributed by atoms with van der Waals surface area (Å²) in [5.74, 6) is 0.752. The fourth-order valence-corrected chi connectivity index (χ4v) is 3.26. The molecule has 0 aliphatic carbocycles. The van der Waals surface area contributed by atoms with Crippen LogP contribution in [0.2, 0.25) is 10.0 Å². The number of rotatable bonds is 5. The van der Waals surface area contributed by atoms with E-state index in [1.807, 2.05) is 36.4 Å². The second-order valence-electron chi connectivity index (χ2n) is 4.84. The highest BCUT2D eigenvalue weighted by molar-refractivity contribution is 9.10. The summed E-state index contributed by atoms with van der Waals surface area (Å²) >= 11 is 15.5. The largest absolute Gasteiger partial charge is 0.493 e. The van der Waals surface area contributed by atoms with Gasteiger partial charge in [-0.1, -0.05) is 35.3 Å². The van der Waals surface area contributed by atoms with Crippen LogP contribution in [0.5, 0.6) is 5.75 Å². The minimum Gasteiger partial charge on any atom is -0.493 e. The molecule has 0 radical (unpaired) electrons. The number of hydrogen-bond donors (Lipinski definition) is 1. The van der Waals surface area contributed by atoms with Crippen LogP contribution in [-0.2, 0) is 6.42 Å². The van der Waals surface area contributed by atoms with Crippen LogP contribution in [0.1, 0.15) is 12.5 Å². The molecular formula is C16H16BrCl2NO. The minimum atomic E-state index is 0.227. The molecule has 2 nitrogen and oxygen atoms in total. The molecule has 0 bridgehead atoms. The van der Waals surface area contributed by atoms with E-state index in [1.165, 1.54) is 5.56 Å². The fourth-order valence-electron chi connectivity index (χ4n) is 2.17. The molecule has 0 saturated heterocycles. The third kappa shape index (κ3) is 4.53. The lowest BCUT2D eigenvalue weighted by Gasteiger charge is -2.19. The maximum atomic E-state index is 6.10. The van der Waals surface area contributed by atoms with E-state index in [9.17, 15) is 0 Å². The van der Waals surface area contributed by atoms with E-state index < -0.39 is 0 Å². The van der Waals surface area contributed by atoms with Gasteiger partial charge in [-0.2, -0.15) is 0 Å². The molecule has 0 spiro atoms. The number of halogens is 3. The van der Waals surface area contributed by atoms with Gasteiger partial charge < -0.3 is 10.1 Å². The van der Waals surface area contributed by atoms with E-state index in [-0.39, 0.29) is 6.04 Å². The summed E-state index contributed by atoms with van der Waals surface area (Å²) in [4.78, 5) is 0. The predicted octanol–water partition coefficient (Wildman–Crippen LogP) is 5.81. The van der Waals surface area contributed by atoms with Crippen molar-refractivity contribution < 1.29 is 4.74 Å². The molecule has 0 aliphatic rings. The van der Waals surface area contributed by atoms with Crippen molar-refractivity contribution in [1.82, 2.24) is 0 Å². The van der Waals surface area contributed by atoms with Crippen molar-refractivity contribution in [3.63, 3.8) is 0 Å². The predicted molar refractivity (Wildman–Crippen MR) is 93.9 cm³/mol. The van der Waals surface area contributed by atoms with Crippen molar-refractivity contribution in [3.8, 4) is 5.75 Å². The van der Waals surface area contributed by atoms with E-state index in [0.717, 1.165) is 27.4 Å². The number of anilines is 1. The molecule has 0 amide bonds. The zero-order chi connectivity index (χ0) is 15.4. The Balaban J connectivity index is 2.12. The molecule has 1 unspecified atom stereocenters. The van der Waals surface area contributed by atoms with Gasteiger partial charge in [-0.15, -0.1) is 0 Å². The normalized spacial score (nSPS) is 12.0. The number of benzene rings is 2. The first-order valence-corrected chi connectivity index (χ1v) is 8.08. The summed E-state index contributed by atoms with van der Waals surface area (Å²) in [5.41, 5.74) is 2.10. The Kier molecular flexibility index (Phi) is 5.80. The van der Waals surface area contributed by atoms with Crippen molar-refractivity contribution in [2.45, 2.75) is 19.4 Å². The Labute approximate surface area is 143 Å². The van der Waals surface area contributed by atoms with Crippen LogP contribution in [0, 0.1) is 0 Å². The first-order chi connectivity index (χ1) is 9.99. The van der Waals surface area contributed by atoms with Crippen LogP contribution < -0.4 is 10.1 Å². The molecule has 2 aromatic rings. The van der Waals surface area contributed by atoms with Crippen molar-refractivity contribution >= 4 is 44.8 Å². The molecule has 0 aliphatic heterocycles. The van der Waals surface area contributed by atoms with Gasteiger partial charge in [0.25, 0.3) is 0 Å².